The lowest BCUT2D eigenvalue weighted by Crippen LogP contribution is -2.09. The van der Waals surface area contributed by atoms with Crippen LogP contribution in [0.3, 0.4) is 0 Å². The van der Waals surface area contributed by atoms with E-state index in [1.807, 2.05) is 24.3 Å². The van der Waals surface area contributed by atoms with Crippen LogP contribution >= 0.6 is 11.6 Å². The van der Waals surface area contributed by atoms with Crippen molar-refractivity contribution in [1.29, 1.82) is 0 Å². The van der Waals surface area contributed by atoms with E-state index in [-0.39, 0.29) is 0 Å². The second kappa shape index (κ2) is 8.06. The zero-order valence-corrected chi connectivity index (χ0v) is 17.1. The largest absolute Gasteiger partial charge is 0.310 e. The molecule has 0 spiro atoms. The van der Waals surface area contributed by atoms with Crippen molar-refractivity contribution in [2.75, 3.05) is 4.90 Å². The first-order chi connectivity index (χ1) is 14.8. The van der Waals surface area contributed by atoms with Crippen molar-refractivity contribution in [3.63, 3.8) is 0 Å². The first-order valence-electron chi connectivity index (χ1n) is 9.98. The van der Waals surface area contributed by atoms with E-state index in [2.05, 4.69) is 102 Å². The third-order valence-electron chi connectivity index (χ3n) is 5.29. The molecule has 30 heavy (non-hydrogen) atoms. The minimum absolute atomic E-state index is 0.749. The summed E-state index contributed by atoms with van der Waals surface area (Å²) >= 11 is 6.18. The fourth-order valence-electron chi connectivity index (χ4n) is 3.81. The average Bonchev–Trinajstić information content (AvgIpc) is 2.80. The van der Waals surface area contributed by atoms with Crippen LogP contribution in [0.5, 0.6) is 0 Å². The summed E-state index contributed by atoms with van der Waals surface area (Å²) in [5.74, 6) is 0. The Morgan fingerprint density at radius 3 is 1.87 bits per heavy atom. The highest BCUT2D eigenvalue weighted by molar-refractivity contribution is 6.30. The monoisotopic (exact) mass is 405 g/mol. The normalized spacial score (nSPS) is 10.8. The van der Waals surface area contributed by atoms with Gasteiger partial charge in [0.15, 0.2) is 0 Å². The Balaban J connectivity index is 1.60. The van der Waals surface area contributed by atoms with Gasteiger partial charge in [-0.15, -0.1) is 0 Å². The zero-order chi connectivity index (χ0) is 20.3. The zero-order valence-electron chi connectivity index (χ0n) is 16.4. The lowest BCUT2D eigenvalue weighted by Gasteiger charge is -2.26. The van der Waals surface area contributed by atoms with Gasteiger partial charge in [-0.1, -0.05) is 84.4 Å². The molecular weight excluding hydrogens is 386 g/mol. The number of benzene rings is 5. The maximum absolute atomic E-state index is 6.18. The standard InChI is InChI=1S/C28H20ClN/c29-25-10-6-9-23(19-25)22-13-16-27(17-14-22)30(26-11-2-1-3-12-26)28-18-15-21-7-4-5-8-24(21)20-28/h1-20H. The average molecular weight is 406 g/mol. The highest BCUT2D eigenvalue weighted by Crippen LogP contribution is 2.36. The molecule has 5 aromatic rings. The summed E-state index contributed by atoms with van der Waals surface area (Å²) in [5, 5.41) is 3.22. The Bertz CT molecular complexity index is 1290. The maximum atomic E-state index is 6.18. The van der Waals surface area contributed by atoms with Gasteiger partial charge in [-0.05, 0) is 70.4 Å². The predicted octanol–water partition coefficient (Wildman–Crippen LogP) is 8.63. The molecule has 0 heterocycles. The molecule has 0 aliphatic heterocycles. The topological polar surface area (TPSA) is 3.24 Å². The van der Waals surface area contributed by atoms with Crippen LogP contribution in [0, 0.1) is 0 Å². The van der Waals surface area contributed by atoms with Gasteiger partial charge < -0.3 is 4.90 Å². The summed E-state index contributed by atoms with van der Waals surface area (Å²) in [4.78, 5) is 2.29. The van der Waals surface area contributed by atoms with E-state index in [4.69, 9.17) is 11.6 Å². The van der Waals surface area contributed by atoms with Crippen LogP contribution in [0.15, 0.2) is 121 Å². The Morgan fingerprint density at radius 1 is 0.433 bits per heavy atom. The summed E-state index contributed by atoms with van der Waals surface area (Å²) in [6.07, 6.45) is 0. The molecule has 5 aromatic carbocycles. The van der Waals surface area contributed by atoms with E-state index < -0.39 is 0 Å². The molecular formula is C28H20ClN. The van der Waals surface area contributed by atoms with Crippen LogP contribution in [-0.2, 0) is 0 Å². The summed E-state index contributed by atoms with van der Waals surface area (Å²) in [6.45, 7) is 0. The molecule has 5 rings (SSSR count). The molecule has 0 fully saturated rings. The van der Waals surface area contributed by atoms with Crippen LogP contribution in [0.1, 0.15) is 0 Å². The van der Waals surface area contributed by atoms with E-state index in [9.17, 15) is 0 Å². The molecule has 0 aliphatic carbocycles. The molecule has 0 N–H and O–H groups in total. The number of para-hydroxylation sites is 1. The number of rotatable bonds is 4. The van der Waals surface area contributed by atoms with Gasteiger partial charge >= 0.3 is 0 Å². The lowest BCUT2D eigenvalue weighted by molar-refractivity contribution is 1.29. The van der Waals surface area contributed by atoms with Crippen LogP contribution in [0.25, 0.3) is 21.9 Å². The lowest BCUT2D eigenvalue weighted by atomic mass is 10.0. The van der Waals surface area contributed by atoms with Crippen LogP contribution in [0.2, 0.25) is 5.02 Å². The number of anilines is 3. The minimum Gasteiger partial charge on any atom is -0.310 e. The smallest absolute Gasteiger partial charge is 0.0468 e. The molecule has 0 bridgehead atoms. The summed E-state index contributed by atoms with van der Waals surface area (Å²) in [6, 6.07) is 42.1. The van der Waals surface area contributed by atoms with Gasteiger partial charge in [0.1, 0.15) is 0 Å². The number of hydrogen-bond acceptors (Lipinski definition) is 1. The first-order valence-corrected chi connectivity index (χ1v) is 10.4. The molecule has 2 heteroatoms. The molecule has 0 atom stereocenters. The third kappa shape index (κ3) is 3.68. The second-order valence-electron chi connectivity index (χ2n) is 7.26. The second-order valence-corrected chi connectivity index (χ2v) is 7.70. The maximum Gasteiger partial charge on any atom is 0.0468 e. The summed E-state index contributed by atoms with van der Waals surface area (Å²) in [7, 11) is 0. The Labute approximate surface area is 181 Å². The van der Waals surface area contributed by atoms with E-state index in [1.54, 1.807) is 0 Å². The van der Waals surface area contributed by atoms with Crippen molar-refractivity contribution >= 4 is 39.4 Å². The highest BCUT2D eigenvalue weighted by Gasteiger charge is 2.13. The van der Waals surface area contributed by atoms with Gasteiger partial charge in [0.05, 0.1) is 0 Å². The Hall–Kier alpha value is -3.55. The first kappa shape index (κ1) is 18.5. The fraction of sp³-hybridized carbons (Fsp3) is 0. The fourth-order valence-corrected chi connectivity index (χ4v) is 4.00. The minimum atomic E-state index is 0.749. The summed E-state index contributed by atoms with van der Waals surface area (Å²) in [5.41, 5.74) is 5.64. The molecule has 0 aliphatic rings. The van der Waals surface area contributed by atoms with Gasteiger partial charge in [-0.3, -0.25) is 0 Å². The highest BCUT2D eigenvalue weighted by atomic mass is 35.5. The van der Waals surface area contributed by atoms with Crippen molar-refractivity contribution in [2.45, 2.75) is 0 Å². The number of fused-ring (bicyclic) bond motifs is 1. The van der Waals surface area contributed by atoms with Gasteiger partial charge in [0.2, 0.25) is 0 Å². The quantitative estimate of drug-likeness (QED) is 0.289. The van der Waals surface area contributed by atoms with E-state index in [0.29, 0.717) is 0 Å². The van der Waals surface area contributed by atoms with E-state index in [0.717, 1.165) is 33.2 Å². The van der Waals surface area contributed by atoms with Crippen molar-refractivity contribution < 1.29 is 0 Å². The number of nitrogens with zero attached hydrogens (tertiary/aromatic N) is 1. The molecule has 0 unspecified atom stereocenters. The number of halogens is 1. The molecule has 0 saturated carbocycles. The molecule has 0 saturated heterocycles. The van der Waals surface area contributed by atoms with Gasteiger partial charge in [0.25, 0.3) is 0 Å². The summed E-state index contributed by atoms with van der Waals surface area (Å²) < 4.78 is 0. The van der Waals surface area contributed by atoms with Crippen LogP contribution in [-0.4, -0.2) is 0 Å². The van der Waals surface area contributed by atoms with Crippen LogP contribution < -0.4 is 4.90 Å². The Kier molecular flexibility index (Phi) is 4.96. The Morgan fingerprint density at radius 2 is 1.10 bits per heavy atom. The van der Waals surface area contributed by atoms with E-state index in [1.165, 1.54) is 10.8 Å². The van der Waals surface area contributed by atoms with Crippen molar-refractivity contribution in [3.05, 3.63) is 126 Å². The van der Waals surface area contributed by atoms with Crippen molar-refractivity contribution in [1.82, 2.24) is 0 Å². The SMILES string of the molecule is Clc1cccc(-c2ccc(N(c3ccccc3)c3ccc4ccccc4c3)cc2)c1. The van der Waals surface area contributed by atoms with E-state index >= 15 is 0 Å². The molecule has 144 valence electrons. The molecule has 1 nitrogen and oxygen atoms in total. The molecule has 0 aromatic heterocycles. The molecule has 0 radical (unpaired) electrons. The van der Waals surface area contributed by atoms with Gasteiger partial charge in [-0.25, -0.2) is 0 Å². The van der Waals surface area contributed by atoms with Crippen molar-refractivity contribution in [2.24, 2.45) is 0 Å². The van der Waals surface area contributed by atoms with Gasteiger partial charge in [-0.2, -0.15) is 0 Å². The van der Waals surface area contributed by atoms with Crippen molar-refractivity contribution in [3.8, 4) is 11.1 Å². The van der Waals surface area contributed by atoms with Crippen LogP contribution in [0.4, 0.5) is 17.1 Å². The molecule has 0 amide bonds. The predicted molar refractivity (Wildman–Crippen MR) is 129 cm³/mol. The van der Waals surface area contributed by atoms with Gasteiger partial charge in [0, 0.05) is 22.1 Å². The number of hydrogen-bond donors (Lipinski definition) is 0. The third-order valence-corrected chi connectivity index (χ3v) is 5.52.